The number of hydrogen-bond donors (Lipinski definition) is 2. The molecule has 1 aliphatic heterocycles. The van der Waals surface area contributed by atoms with Crippen LogP contribution in [-0.2, 0) is 10.0 Å². The lowest BCUT2D eigenvalue weighted by atomic mass is 10.00. The Morgan fingerprint density at radius 1 is 1.00 bits per heavy atom. The number of H-pyrrole nitrogens is 1. The standard InChI is InChI=1S/C24H22FN5O4S/c25-18-8-6-16(7-9-18)22-21(17-3-1-4-19(15-17)35(26,32)33)23(28-27-22)29-10-12-30(13-11-29)24(31)20-5-2-14-34-20/h1-9,14-15H,10-13H2,(H,27,28)(H2,26,32,33). The molecule has 2 aromatic carbocycles. The van der Waals surface area contributed by atoms with Crippen LogP contribution in [0.5, 0.6) is 0 Å². The van der Waals surface area contributed by atoms with Crippen LogP contribution in [0.2, 0.25) is 0 Å². The summed E-state index contributed by atoms with van der Waals surface area (Å²) in [4.78, 5) is 16.3. The first-order chi connectivity index (χ1) is 16.8. The third kappa shape index (κ3) is 4.55. The van der Waals surface area contributed by atoms with Gasteiger partial charge >= 0.3 is 0 Å². The van der Waals surface area contributed by atoms with E-state index in [0.29, 0.717) is 54.4 Å². The maximum absolute atomic E-state index is 13.6. The average molecular weight is 496 g/mol. The maximum Gasteiger partial charge on any atom is 0.289 e. The highest BCUT2D eigenvalue weighted by molar-refractivity contribution is 7.89. The van der Waals surface area contributed by atoms with E-state index in [1.807, 2.05) is 4.90 Å². The van der Waals surface area contributed by atoms with Crippen LogP contribution in [0, 0.1) is 5.82 Å². The number of anilines is 1. The number of rotatable bonds is 5. The number of carbonyl (C=O) groups excluding carboxylic acids is 1. The van der Waals surface area contributed by atoms with Crippen molar-refractivity contribution in [1.82, 2.24) is 15.1 Å². The van der Waals surface area contributed by atoms with Crippen molar-refractivity contribution in [1.29, 1.82) is 0 Å². The van der Waals surface area contributed by atoms with Crippen molar-refractivity contribution in [3.05, 3.63) is 78.5 Å². The molecular formula is C24H22FN5O4S. The molecule has 3 heterocycles. The van der Waals surface area contributed by atoms with Gasteiger partial charge in [-0.25, -0.2) is 17.9 Å². The lowest BCUT2D eigenvalue weighted by molar-refractivity contribution is 0.0714. The first-order valence-electron chi connectivity index (χ1n) is 10.9. The molecule has 1 fully saturated rings. The molecule has 9 nitrogen and oxygen atoms in total. The summed E-state index contributed by atoms with van der Waals surface area (Å²) in [5, 5.41) is 12.9. The Morgan fingerprint density at radius 3 is 2.40 bits per heavy atom. The van der Waals surface area contributed by atoms with E-state index in [4.69, 9.17) is 9.56 Å². The third-order valence-corrected chi connectivity index (χ3v) is 6.84. The zero-order valence-corrected chi connectivity index (χ0v) is 19.3. The molecule has 1 amide bonds. The lowest BCUT2D eigenvalue weighted by Crippen LogP contribution is -2.49. The summed E-state index contributed by atoms with van der Waals surface area (Å²) in [6.07, 6.45) is 1.46. The van der Waals surface area contributed by atoms with Gasteiger partial charge in [0.1, 0.15) is 5.82 Å². The largest absolute Gasteiger partial charge is 0.459 e. The topological polar surface area (TPSA) is 126 Å². The fourth-order valence-corrected chi connectivity index (χ4v) is 4.73. The van der Waals surface area contributed by atoms with Gasteiger partial charge in [0.15, 0.2) is 11.6 Å². The van der Waals surface area contributed by atoms with Crippen LogP contribution in [0.4, 0.5) is 10.2 Å². The molecule has 4 aromatic rings. The Balaban J connectivity index is 1.51. The van der Waals surface area contributed by atoms with Gasteiger partial charge in [0.05, 0.1) is 22.4 Å². The van der Waals surface area contributed by atoms with Crippen molar-refractivity contribution in [2.24, 2.45) is 5.14 Å². The number of furan rings is 1. The van der Waals surface area contributed by atoms with Crippen molar-refractivity contribution >= 4 is 21.7 Å². The van der Waals surface area contributed by atoms with Crippen molar-refractivity contribution in [2.75, 3.05) is 31.1 Å². The molecule has 1 saturated heterocycles. The smallest absolute Gasteiger partial charge is 0.289 e. The van der Waals surface area contributed by atoms with Gasteiger partial charge in [-0.3, -0.25) is 9.89 Å². The van der Waals surface area contributed by atoms with Gasteiger partial charge in [-0.05, 0) is 54.1 Å². The Kier molecular flexibility index (Phi) is 5.87. The normalized spacial score (nSPS) is 14.3. The number of nitrogens with zero attached hydrogens (tertiary/aromatic N) is 3. The number of hydrogen-bond acceptors (Lipinski definition) is 6. The summed E-state index contributed by atoms with van der Waals surface area (Å²) in [6.45, 7) is 1.91. The second-order valence-electron chi connectivity index (χ2n) is 8.13. The van der Waals surface area contributed by atoms with Crippen LogP contribution in [0.15, 0.2) is 76.2 Å². The van der Waals surface area contributed by atoms with E-state index < -0.39 is 10.0 Å². The van der Waals surface area contributed by atoms with E-state index in [1.54, 1.807) is 41.3 Å². The Morgan fingerprint density at radius 2 is 1.74 bits per heavy atom. The molecule has 3 N–H and O–H groups in total. The van der Waals surface area contributed by atoms with E-state index in [0.717, 1.165) is 0 Å². The molecule has 2 aromatic heterocycles. The number of nitrogens with one attached hydrogen (secondary N) is 1. The summed E-state index contributed by atoms with van der Waals surface area (Å²) in [5.74, 6) is 0.340. The van der Waals surface area contributed by atoms with E-state index in [2.05, 4.69) is 10.2 Å². The van der Waals surface area contributed by atoms with Crippen molar-refractivity contribution in [3.63, 3.8) is 0 Å². The van der Waals surface area contributed by atoms with Crippen LogP contribution >= 0.6 is 0 Å². The highest BCUT2D eigenvalue weighted by Crippen LogP contribution is 2.39. The second-order valence-corrected chi connectivity index (χ2v) is 9.69. The van der Waals surface area contributed by atoms with Crippen molar-refractivity contribution in [2.45, 2.75) is 4.90 Å². The molecule has 0 atom stereocenters. The molecule has 0 radical (unpaired) electrons. The van der Waals surface area contributed by atoms with Crippen LogP contribution in [-0.4, -0.2) is 55.6 Å². The highest BCUT2D eigenvalue weighted by atomic mass is 32.2. The first-order valence-corrected chi connectivity index (χ1v) is 12.4. The number of carbonyl (C=O) groups is 1. The van der Waals surface area contributed by atoms with Gasteiger partial charge in [0.25, 0.3) is 5.91 Å². The number of halogens is 1. The minimum Gasteiger partial charge on any atom is -0.459 e. The quantitative estimate of drug-likeness (QED) is 0.438. The molecule has 35 heavy (non-hydrogen) atoms. The number of sulfonamides is 1. The van der Waals surface area contributed by atoms with E-state index in [9.17, 15) is 17.6 Å². The SMILES string of the molecule is NS(=O)(=O)c1cccc(-c2c(N3CCN(C(=O)c4ccco4)CC3)n[nH]c2-c2ccc(F)cc2)c1. The molecule has 1 aliphatic rings. The molecule has 0 saturated carbocycles. The minimum absolute atomic E-state index is 0.0268. The van der Waals surface area contributed by atoms with Crippen molar-refractivity contribution < 1.29 is 22.0 Å². The van der Waals surface area contributed by atoms with Crippen LogP contribution in [0.3, 0.4) is 0 Å². The molecule has 0 spiro atoms. The van der Waals surface area contributed by atoms with Gasteiger partial charge in [-0.1, -0.05) is 12.1 Å². The fourth-order valence-electron chi connectivity index (χ4n) is 4.17. The van der Waals surface area contributed by atoms with Gasteiger partial charge in [0.2, 0.25) is 10.0 Å². The number of aromatic amines is 1. The molecular weight excluding hydrogens is 473 g/mol. The number of aromatic nitrogens is 2. The highest BCUT2D eigenvalue weighted by Gasteiger charge is 2.28. The summed E-state index contributed by atoms with van der Waals surface area (Å²) < 4.78 is 42.8. The number of amides is 1. The Labute approximate surface area is 201 Å². The fraction of sp³-hybridized carbons (Fsp3) is 0.167. The summed E-state index contributed by atoms with van der Waals surface area (Å²) >= 11 is 0. The van der Waals surface area contributed by atoms with E-state index in [-0.39, 0.29) is 22.4 Å². The molecule has 5 rings (SSSR count). The number of nitrogens with two attached hydrogens (primary N) is 1. The van der Waals surface area contributed by atoms with E-state index in [1.165, 1.54) is 30.5 Å². The van der Waals surface area contributed by atoms with Gasteiger partial charge < -0.3 is 14.2 Å². The molecule has 0 aliphatic carbocycles. The third-order valence-electron chi connectivity index (χ3n) is 5.93. The van der Waals surface area contributed by atoms with Crippen molar-refractivity contribution in [3.8, 4) is 22.4 Å². The van der Waals surface area contributed by atoms with Crippen LogP contribution in [0.1, 0.15) is 10.6 Å². The predicted molar refractivity (Wildman–Crippen MR) is 128 cm³/mol. The van der Waals surface area contributed by atoms with Crippen LogP contribution in [0.25, 0.3) is 22.4 Å². The van der Waals surface area contributed by atoms with Gasteiger partial charge in [-0.15, -0.1) is 0 Å². The van der Waals surface area contributed by atoms with E-state index >= 15 is 0 Å². The number of benzene rings is 2. The number of primary sulfonamides is 1. The summed E-state index contributed by atoms with van der Waals surface area (Å²) in [6, 6.07) is 15.5. The number of piperazine rings is 1. The summed E-state index contributed by atoms with van der Waals surface area (Å²) in [7, 11) is -3.92. The zero-order valence-electron chi connectivity index (χ0n) is 18.5. The summed E-state index contributed by atoms with van der Waals surface area (Å²) in [5.41, 5.74) is 2.55. The predicted octanol–water partition coefficient (Wildman–Crippen LogP) is 3.09. The minimum atomic E-state index is -3.92. The Bertz CT molecular complexity index is 1460. The maximum atomic E-state index is 13.6. The molecule has 0 bridgehead atoms. The first kappa shape index (κ1) is 22.8. The average Bonchev–Trinajstić information content (AvgIpc) is 3.55. The second kappa shape index (κ2) is 9.01. The van der Waals surface area contributed by atoms with Gasteiger partial charge in [0, 0.05) is 31.7 Å². The van der Waals surface area contributed by atoms with Crippen LogP contribution < -0.4 is 10.0 Å². The van der Waals surface area contributed by atoms with Gasteiger partial charge in [-0.2, -0.15) is 5.10 Å². The monoisotopic (exact) mass is 495 g/mol. The zero-order chi connectivity index (χ0) is 24.6. The molecule has 180 valence electrons. The lowest BCUT2D eigenvalue weighted by Gasteiger charge is -2.35. The molecule has 0 unspecified atom stereocenters. The Hall–Kier alpha value is -3.96. The molecule has 11 heteroatoms.